The van der Waals surface area contributed by atoms with Crippen molar-refractivity contribution in [2.75, 3.05) is 90.9 Å². The number of nitrogens with zero attached hydrogens (tertiary/aromatic N) is 2. The van der Waals surface area contributed by atoms with Crippen LogP contribution in [0.1, 0.15) is 56.7 Å². The summed E-state index contributed by atoms with van der Waals surface area (Å²) in [6.45, 7) is 3.25. The van der Waals surface area contributed by atoms with Crippen molar-refractivity contribution in [2.45, 2.75) is 37.8 Å². The van der Waals surface area contributed by atoms with E-state index in [9.17, 15) is 33.6 Å². The molecule has 2 atom stereocenters. The van der Waals surface area contributed by atoms with E-state index in [1.165, 1.54) is 6.07 Å². The third-order valence-electron chi connectivity index (χ3n) is 12.2. The van der Waals surface area contributed by atoms with Crippen molar-refractivity contribution in [2.24, 2.45) is 0 Å². The Morgan fingerprint density at radius 1 is 0.667 bits per heavy atom. The predicted octanol–water partition coefficient (Wildman–Crippen LogP) is 6.47. The smallest absolute Gasteiger partial charge is 0.264 e. The first-order valence-electron chi connectivity index (χ1n) is 24.4. The first-order chi connectivity index (χ1) is 36.3. The topological polar surface area (TPSA) is 211 Å². The van der Waals surface area contributed by atoms with E-state index in [0.717, 1.165) is 10.5 Å². The SMILES string of the molecule is O=C(CCOCCOCCOCCNc1cccc2c1C(=O)N(C1CCC(=O)NC1=O)C2=O)NCCOCCN[C@@H](Cc1ccccc1)C(=O)N1C/C(=C\c2ccc(Cl)c(Cl)c2)C(=O)/C(=C/c2ccc(Cl)c(Cl)c2)C1. The van der Waals surface area contributed by atoms with Crippen LogP contribution in [0.2, 0.25) is 20.1 Å². The summed E-state index contributed by atoms with van der Waals surface area (Å²) in [5.41, 5.74) is 3.85. The van der Waals surface area contributed by atoms with E-state index in [1.807, 2.05) is 30.3 Å². The zero-order valence-electron chi connectivity index (χ0n) is 40.8. The number of fused-ring (bicyclic) bond motifs is 1. The van der Waals surface area contributed by atoms with Crippen molar-refractivity contribution in [1.82, 2.24) is 25.8 Å². The van der Waals surface area contributed by atoms with E-state index >= 15 is 0 Å². The van der Waals surface area contributed by atoms with Gasteiger partial charge in [0, 0.05) is 62.4 Å². The maximum absolute atomic E-state index is 14.5. The fraction of sp³-hybridized carbons (Fsp3) is 0.352. The van der Waals surface area contributed by atoms with Crippen molar-refractivity contribution in [3.05, 3.63) is 144 Å². The number of amides is 6. The molecule has 4 aromatic carbocycles. The molecule has 0 aromatic heterocycles. The molecule has 0 saturated carbocycles. The van der Waals surface area contributed by atoms with Gasteiger partial charge >= 0.3 is 0 Å². The fourth-order valence-electron chi connectivity index (χ4n) is 8.50. The monoisotopic (exact) mass is 1100 g/mol. The molecule has 4 aromatic rings. The van der Waals surface area contributed by atoms with Crippen molar-refractivity contribution >= 4 is 105 Å². The van der Waals surface area contributed by atoms with Gasteiger partial charge in [-0.05, 0) is 78.1 Å². The van der Waals surface area contributed by atoms with Crippen LogP contribution >= 0.6 is 46.4 Å². The normalized spacial score (nSPS) is 17.2. The number of piperidine rings is 2. The van der Waals surface area contributed by atoms with Crippen LogP contribution in [-0.2, 0) is 49.3 Å². The Kier molecular flexibility index (Phi) is 21.4. The van der Waals surface area contributed by atoms with Gasteiger partial charge < -0.3 is 39.8 Å². The lowest BCUT2D eigenvalue weighted by Gasteiger charge is -2.33. The molecular weight excluding hydrogens is 1050 g/mol. The Balaban J connectivity index is 0.770. The molecule has 6 amide bonds. The van der Waals surface area contributed by atoms with Crippen LogP contribution in [0, 0.1) is 0 Å². The quantitative estimate of drug-likeness (QED) is 0.0303. The summed E-state index contributed by atoms with van der Waals surface area (Å²) < 4.78 is 22.5. The minimum Gasteiger partial charge on any atom is -0.382 e. The van der Waals surface area contributed by atoms with E-state index in [2.05, 4.69) is 21.3 Å². The van der Waals surface area contributed by atoms with Crippen LogP contribution in [0.3, 0.4) is 0 Å². The maximum atomic E-state index is 14.5. The van der Waals surface area contributed by atoms with Crippen molar-refractivity contribution in [3.63, 3.8) is 0 Å². The average Bonchev–Trinajstić information content (AvgIpc) is 3.65. The maximum Gasteiger partial charge on any atom is 0.264 e. The highest BCUT2D eigenvalue weighted by molar-refractivity contribution is 6.42. The second kappa shape index (κ2) is 28.2. The summed E-state index contributed by atoms with van der Waals surface area (Å²) in [5.74, 6) is -2.89. The Hall–Kier alpha value is -5.99. The number of ether oxygens (including phenoxy) is 4. The zero-order valence-corrected chi connectivity index (χ0v) is 43.8. The number of benzene rings is 4. The molecule has 21 heteroatoms. The minimum absolute atomic E-state index is 0.0402. The summed E-state index contributed by atoms with van der Waals surface area (Å²) >= 11 is 24.9. The molecule has 4 N–H and O–H groups in total. The largest absolute Gasteiger partial charge is 0.382 e. The second-order valence-corrected chi connectivity index (χ2v) is 19.2. The molecule has 3 aliphatic heterocycles. The predicted molar refractivity (Wildman–Crippen MR) is 285 cm³/mol. The van der Waals surface area contributed by atoms with E-state index in [-0.39, 0.29) is 101 Å². The fourth-order valence-corrected chi connectivity index (χ4v) is 9.12. The zero-order chi connectivity index (χ0) is 53.3. The van der Waals surface area contributed by atoms with Gasteiger partial charge in [0.2, 0.25) is 23.6 Å². The highest BCUT2D eigenvalue weighted by atomic mass is 35.5. The molecule has 7 rings (SSSR count). The number of rotatable bonds is 26. The summed E-state index contributed by atoms with van der Waals surface area (Å²) in [7, 11) is 0. The van der Waals surface area contributed by atoms with Gasteiger partial charge in [0.15, 0.2) is 5.78 Å². The molecule has 396 valence electrons. The van der Waals surface area contributed by atoms with E-state index in [4.69, 9.17) is 65.4 Å². The number of hydrogen-bond acceptors (Lipinski definition) is 13. The van der Waals surface area contributed by atoms with Gasteiger partial charge in [0.05, 0.1) is 90.1 Å². The Morgan fingerprint density at radius 3 is 1.91 bits per heavy atom. The number of halogens is 4. The molecule has 2 fully saturated rings. The highest BCUT2D eigenvalue weighted by Crippen LogP contribution is 2.33. The number of anilines is 1. The van der Waals surface area contributed by atoms with Gasteiger partial charge in [-0.2, -0.15) is 0 Å². The summed E-state index contributed by atoms with van der Waals surface area (Å²) in [5, 5.41) is 12.9. The van der Waals surface area contributed by atoms with Crippen LogP contribution in [0.5, 0.6) is 0 Å². The van der Waals surface area contributed by atoms with Gasteiger partial charge in [0.1, 0.15) is 6.04 Å². The van der Waals surface area contributed by atoms with E-state index in [1.54, 1.807) is 65.6 Å². The number of hydrogen-bond donors (Lipinski definition) is 4. The van der Waals surface area contributed by atoms with Gasteiger partial charge in [0.25, 0.3) is 11.8 Å². The second-order valence-electron chi connectivity index (χ2n) is 17.6. The van der Waals surface area contributed by atoms with Crippen LogP contribution in [0.15, 0.2) is 96.1 Å². The molecule has 0 spiro atoms. The minimum atomic E-state index is -1.04. The number of Topliss-reactive ketones (excluding diaryl/α,β-unsaturated/α-hetero) is 1. The van der Waals surface area contributed by atoms with E-state index in [0.29, 0.717) is 87.4 Å². The molecule has 1 unspecified atom stereocenters. The van der Waals surface area contributed by atoms with Crippen molar-refractivity contribution in [3.8, 4) is 0 Å². The Bertz CT molecular complexity index is 2740. The average molecular weight is 1110 g/mol. The molecular formula is C54H56Cl4N6O11. The highest BCUT2D eigenvalue weighted by Gasteiger charge is 2.45. The number of nitrogens with one attached hydrogen (secondary N) is 4. The number of ketones is 1. The van der Waals surface area contributed by atoms with Crippen molar-refractivity contribution in [1.29, 1.82) is 0 Å². The standard InChI is InChI=1S/C54H56Cl4N6O11/c55-40-11-9-35(29-42(40)57)27-37-32-63(33-38(50(37)67)28-36-10-12-41(56)43(58)30-36)53(70)45(31-34-5-2-1-3-6-34)60-17-20-73-22-18-61-47(65)15-19-72-23-25-75-26-24-74-21-16-59-44-8-4-7-39-49(44)54(71)64(52(39)69)46-13-14-48(66)62-51(46)68/h1-12,27-30,45-46,59-60H,13-26,31-33H2,(H,61,65)(H,62,66,68)/b37-27+,38-28+/t45-,46?/m0/s1. The lowest BCUT2D eigenvalue weighted by Crippen LogP contribution is -2.54. The molecule has 0 radical (unpaired) electrons. The molecule has 0 bridgehead atoms. The van der Waals surface area contributed by atoms with Crippen LogP contribution in [0.25, 0.3) is 12.2 Å². The molecule has 75 heavy (non-hydrogen) atoms. The number of likely N-dealkylation sites (tertiary alicyclic amines) is 1. The molecule has 2 saturated heterocycles. The molecule has 0 aliphatic carbocycles. The van der Waals surface area contributed by atoms with Crippen LogP contribution in [-0.4, -0.2) is 149 Å². The lowest BCUT2D eigenvalue weighted by molar-refractivity contribution is -0.136. The summed E-state index contributed by atoms with van der Waals surface area (Å²) in [6.07, 6.45) is 4.08. The molecule has 17 nitrogen and oxygen atoms in total. The van der Waals surface area contributed by atoms with Crippen LogP contribution in [0.4, 0.5) is 5.69 Å². The summed E-state index contributed by atoms with van der Waals surface area (Å²) in [6, 6.07) is 22.9. The first kappa shape index (κ1) is 56.7. The first-order valence-corrected chi connectivity index (χ1v) is 25.9. The summed E-state index contributed by atoms with van der Waals surface area (Å²) in [4.78, 5) is 93.7. The lowest BCUT2D eigenvalue weighted by atomic mass is 9.93. The Labute approximate surface area is 454 Å². The van der Waals surface area contributed by atoms with E-state index < -0.39 is 35.7 Å². The van der Waals surface area contributed by atoms with Gasteiger partial charge in [-0.15, -0.1) is 0 Å². The number of carbonyl (C=O) groups excluding carboxylic acids is 7. The number of imide groups is 2. The number of carbonyl (C=O) groups is 7. The third kappa shape index (κ3) is 16.0. The third-order valence-corrected chi connectivity index (χ3v) is 13.7. The molecule has 3 aliphatic rings. The van der Waals surface area contributed by atoms with Crippen molar-refractivity contribution < 1.29 is 52.5 Å². The van der Waals surface area contributed by atoms with Gasteiger partial charge in [-0.25, -0.2) is 0 Å². The molecule has 3 heterocycles. The van der Waals surface area contributed by atoms with Gasteiger partial charge in [-0.3, -0.25) is 43.8 Å². The van der Waals surface area contributed by atoms with Gasteiger partial charge in [-0.1, -0.05) is 94.9 Å². The van der Waals surface area contributed by atoms with Crippen LogP contribution < -0.4 is 21.3 Å². The Morgan fingerprint density at radius 2 is 1.27 bits per heavy atom.